The summed E-state index contributed by atoms with van der Waals surface area (Å²) in [6, 6.07) is 0. The average Bonchev–Trinajstić information content (AvgIpc) is 2.69. The second-order valence-electron chi connectivity index (χ2n) is 4.38. The number of aromatic nitrogens is 2. The van der Waals surface area contributed by atoms with Crippen LogP contribution in [-0.4, -0.2) is 33.1 Å². The third kappa shape index (κ3) is 3.23. The van der Waals surface area contributed by atoms with Crippen molar-refractivity contribution in [1.82, 2.24) is 15.5 Å². The van der Waals surface area contributed by atoms with E-state index in [-0.39, 0.29) is 5.54 Å². The van der Waals surface area contributed by atoms with Crippen LogP contribution in [0.4, 0.5) is 0 Å². The van der Waals surface area contributed by atoms with Gasteiger partial charge >= 0.3 is 0 Å². The molecule has 2 heterocycles. The third-order valence-corrected chi connectivity index (χ3v) is 3.31. The molecule has 0 bridgehead atoms. The van der Waals surface area contributed by atoms with Gasteiger partial charge in [-0.1, -0.05) is 16.9 Å². The van der Waals surface area contributed by atoms with Crippen LogP contribution in [0.25, 0.3) is 0 Å². The van der Waals surface area contributed by atoms with E-state index < -0.39 is 0 Å². The normalized spacial score (nSPS) is 22.0. The Labute approximate surface area is 99.1 Å². The van der Waals surface area contributed by atoms with Gasteiger partial charge in [-0.15, -0.1) is 0 Å². The molecule has 2 rings (SSSR count). The molecular weight excluding hydrogens is 224 g/mol. The topological polar surface area (TPSA) is 63.3 Å². The molecule has 1 aliphatic heterocycles. The Bertz CT molecular complexity index is 361. The monoisotopic (exact) mass is 240 g/mol. The molecule has 1 aliphatic rings. The van der Waals surface area contributed by atoms with Crippen molar-refractivity contribution < 1.29 is 4.52 Å². The van der Waals surface area contributed by atoms with E-state index in [4.69, 9.17) is 4.52 Å². The third-order valence-electron chi connectivity index (χ3n) is 2.40. The fraction of sp³-hybridized carbons (Fsp3) is 0.700. The highest BCUT2D eigenvalue weighted by atomic mass is 32.2. The first-order chi connectivity index (χ1) is 7.66. The molecule has 1 saturated heterocycles. The summed E-state index contributed by atoms with van der Waals surface area (Å²) in [5.41, 5.74) is 0.161. The zero-order valence-electron chi connectivity index (χ0n) is 9.56. The smallest absolute Gasteiger partial charge is 0.228 e. The van der Waals surface area contributed by atoms with Gasteiger partial charge in [-0.3, -0.25) is 4.99 Å². The van der Waals surface area contributed by atoms with Crippen LogP contribution in [-0.2, 0) is 6.42 Å². The van der Waals surface area contributed by atoms with Crippen LogP contribution in [0, 0.1) is 0 Å². The Kier molecular flexibility index (Phi) is 3.48. The van der Waals surface area contributed by atoms with E-state index in [1.807, 2.05) is 0 Å². The quantitative estimate of drug-likeness (QED) is 0.867. The number of hydrogen-bond donors (Lipinski definition) is 1. The van der Waals surface area contributed by atoms with Gasteiger partial charge in [-0.05, 0) is 20.3 Å². The molecule has 1 aromatic heterocycles. The summed E-state index contributed by atoms with van der Waals surface area (Å²) in [6.45, 7) is 5.08. The van der Waals surface area contributed by atoms with Crippen LogP contribution in [0.15, 0.2) is 15.8 Å². The summed E-state index contributed by atoms with van der Waals surface area (Å²) >= 11 is 1.77. The van der Waals surface area contributed by atoms with Crippen LogP contribution in [0.5, 0.6) is 0 Å². The van der Waals surface area contributed by atoms with E-state index in [1.54, 1.807) is 11.8 Å². The summed E-state index contributed by atoms with van der Waals surface area (Å²) in [5.74, 6) is 1.77. The van der Waals surface area contributed by atoms with E-state index in [9.17, 15) is 0 Å². The number of nitrogens with one attached hydrogen (secondary N) is 1. The molecule has 1 N–H and O–H groups in total. The van der Waals surface area contributed by atoms with Crippen LogP contribution in [0.3, 0.4) is 0 Å². The Morgan fingerprint density at radius 3 is 3.19 bits per heavy atom. The minimum Gasteiger partial charge on any atom is -0.360 e. The van der Waals surface area contributed by atoms with Gasteiger partial charge in [0.25, 0.3) is 0 Å². The number of aliphatic imine (C=N–C) groups is 1. The van der Waals surface area contributed by atoms with Gasteiger partial charge in [0.15, 0.2) is 11.5 Å². The Hall–Kier alpha value is -1.04. The number of rotatable bonds is 3. The maximum Gasteiger partial charge on any atom is 0.228 e. The van der Waals surface area contributed by atoms with Crippen molar-refractivity contribution in [3.05, 3.63) is 12.2 Å². The first-order valence-corrected chi connectivity index (χ1v) is 6.35. The lowest BCUT2D eigenvalue weighted by molar-refractivity contribution is 0.378. The molecule has 0 radical (unpaired) electrons. The first kappa shape index (κ1) is 11.4. The number of amidine groups is 1. The number of thioether (sulfide) groups is 1. The van der Waals surface area contributed by atoms with E-state index >= 15 is 0 Å². The lowest BCUT2D eigenvalue weighted by Gasteiger charge is -2.32. The molecular formula is C10H16N4OS. The van der Waals surface area contributed by atoms with Crippen LogP contribution >= 0.6 is 11.8 Å². The fourth-order valence-electron chi connectivity index (χ4n) is 1.44. The fourth-order valence-corrected chi connectivity index (χ4v) is 2.77. The van der Waals surface area contributed by atoms with Crippen molar-refractivity contribution in [2.45, 2.75) is 32.2 Å². The molecule has 0 unspecified atom stereocenters. The van der Waals surface area contributed by atoms with E-state index in [0.717, 1.165) is 10.9 Å². The lowest BCUT2D eigenvalue weighted by Crippen LogP contribution is -2.46. The van der Waals surface area contributed by atoms with Crippen molar-refractivity contribution in [2.75, 3.05) is 12.3 Å². The molecule has 5 nitrogen and oxygen atoms in total. The molecule has 0 atom stereocenters. The Morgan fingerprint density at radius 2 is 2.50 bits per heavy atom. The standard InChI is InChI=1S/C10H16N4OS/c1-10(2)4-6-16-9(14-10)11-5-3-8-12-7-13-15-8/h7H,3-6H2,1-2H3,(H,11,14). The zero-order valence-corrected chi connectivity index (χ0v) is 10.4. The van der Waals surface area contributed by atoms with Crippen molar-refractivity contribution in [3.63, 3.8) is 0 Å². The van der Waals surface area contributed by atoms with Gasteiger partial charge in [0.05, 0.1) is 6.54 Å². The van der Waals surface area contributed by atoms with Gasteiger partial charge < -0.3 is 9.84 Å². The maximum absolute atomic E-state index is 4.91. The molecule has 88 valence electrons. The average molecular weight is 240 g/mol. The van der Waals surface area contributed by atoms with E-state index in [2.05, 4.69) is 34.3 Å². The molecule has 0 saturated carbocycles. The minimum atomic E-state index is 0.161. The van der Waals surface area contributed by atoms with Crippen LogP contribution in [0.2, 0.25) is 0 Å². The Balaban J connectivity index is 1.83. The first-order valence-electron chi connectivity index (χ1n) is 5.37. The highest BCUT2D eigenvalue weighted by Crippen LogP contribution is 2.21. The molecule has 1 aromatic rings. The van der Waals surface area contributed by atoms with Crippen molar-refractivity contribution in [2.24, 2.45) is 4.99 Å². The summed E-state index contributed by atoms with van der Waals surface area (Å²) in [4.78, 5) is 8.45. The molecule has 6 heteroatoms. The summed E-state index contributed by atoms with van der Waals surface area (Å²) in [5, 5.41) is 8.00. The second-order valence-corrected chi connectivity index (χ2v) is 5.46. The molecule has 0 spiro atoms. The summed E-state index contributed by atoms with van der Waals surface area (Å²) < 4.78 is 4.91. The minimum absolute atomic E-state index is 0.161. The molecule has 1 fully saturated rings. The highest BCUT2D eigenvalue weighted by Gasteiger charge is 2.23. The van der Waals surface area contributed by atoms with Crippen molar-refractivity contribution in [1.29, 1.82) is 0 Å². The van der Waals surface area contributed by atoms with Gasteiger partial charge in [0.2, 0.25) is 5.89 Å². The molecule has 16 heavy (non-hydrogen) atoms. The molecule has 0 amide bonds. The van der Waals surface area contributed by atoms with E-state index in [0.29, 0.717) is 18.9 Å². The summed E-state index contributed by atoms with van der Waals surface area (Å²) in [7, 11) is 0. The van der Waals surface area contributed by atoms with Crippen molar-refractivity contribution >= 4 is 16.9 Å². The van der Waals surface area contributed by atoms with Gasteiger partial charge in [0.1, 0.15) is 0 Å². The SMILES string of the molecule is CC1(C)CCSC(=NCCc2ncno2)N1. The van der Waals surface area contributed by atoms with Gasteiger partial charge in [-0.25, -0.2) is 0 Å². The predicted octanol–water partition coefficient (Wildman–Crippen LogP) is 1.47. The van der Waals surface area contributed by atoms with Gasteiger partial charge in [0, 0.05) is 17.7 Å². The maximum atomic E-state index is 4.91. The van der Waals surface area contributed by atoms with E-state index in [1.165, 1.54) is 12.7 Å². The highest BCUT2D eigenvalue weighted by molar-refractivity contribution is 8.13. The van der Waals surface area contributed by atoms with Gasteiger partial charge in [-0.2, -0.15) is 4.98 Å². The summed E-state index contributed by atoms with van der Waals surface area (Å²) in [6.07, 6.45) is 3.28. The lowest BCUT2D eigenvalue weighted by atomic mass is 10.0. The largest absolute Gasteiger partial charge is 0.360 e. The molecule has 0 aliphatic carbocycles. The van der Waals surface area contributed by atoms with Crippen LogP contribution in [0.1, 0.15) is 26.2 Å². The molecule has 0 aromatic carbocycles. The predicted molar refractivity (Wildman–Crippen MR) is 64.6 cm³/mol. The second kappa shape index (κ2) is 4.86. The zero-order chi connectivity index (χ0) is 11.4. The van der Waals surface area contributed by atoms with Crippen molar-refractivity contribution in [3.8, 4) is 0 Å². The van der Waals surface area contributed by atoms with Crippen LogP contribution < -0.4 is 5.32 Å². The number of nitrogens with zero attached hydrogens (tertiary/aromatic N) is 3. The Morgan fingerprint density at radius 1 is 1.62 bits per heavy atom. The number of hydrogen-bond acceptors (Lipinski definition) is 5.